The Kier molecular flexibility index (Phi) is 3.84. The Morgan fingerprint density at radius 3 is 2.75 bits per heavy atom. The molecule has 0 aliphatic heterocycles. The van der Waals surface area contributed by atoms with Gasteiger partial charge in [0.05, 0.1) is 23.6 Å². The molecule has 0 saturated carbocycles. The zero-order valence-corrected chi connectivity index (χ0v) is 11.4. The number of aromatic nitrogens is 2. The van der Waals surface area contributed by atoms with Gasteiger partial charge >= 0.3 is 0 Å². The maximum Gasteiger partial charge on any atom is 0.252 e. The number of carbonyl (C=O) groups is 1. The Morgan fingerprint density at radius 2 is 2.10 bits per heavy atom. The fourth-order valence-electron chi connectivity index (χ4n) is 2.00. The second-order valence-corrected chi connectivity index (χ2v) is 4.22. The maximum absolute atomic E-state index is 11.6. The molecular weight excluding hydrogens is 256 g/mol. The summed E-state index contributed by atoms with van der Waals surface area (Å²) in [6.07, 6.45) is 0. The van der Waals surface area contributed by atoms with Gasteiger partial charge in [0.15, 0.2) is 0 Å². The molecule has 20 heavy (non-hydrogen) atoms. The van der Waals surface area contributed by atoms with Crippen molar-refractivity contribution >= 4 is 11.9 Å². The zero-order valence-electron chi connectivity index (χ0n) is 11.4. The number of nitrogens with zero attached hydrogens (tertiary/aromatic N) is 2. The lowest BCUT2D eigenvalue weighted by atomic mass is 10.0. The van der Waals surface area contributed by atoms with Gasteiger partial charge in [-0.05, 0) is 26.0 Å². The normalized spacial score (nSPS) is 10.3. The summed E-state index contributed by atoms with van der Waals surface area (Å²) < 4.78 is 5.44. The molecule has 0 spiro atoms. The summed E-state index contributed by atoms with van der Waals surface area (Å²) in [5.74, 6) is 0.207. The van der Waals surface area contributed by atoms with Crippen LogP contribution in [0.1, 0.15) is 23.0 Å². The SMILES string of the molecule is CCOc1cccc(-c2nc(N)nc(C)c2C(N)=O)c1. The number of hydrogen-bond donors (Lipinski definition) is 2. The summed E-state index contributed by atoms with van der Waals surface area (Å²) in [6.45, 7) is 4.12. The number of primary amides is 1. The third-order valence-electron chi connectivity index (χ3n) is 2.77. The van der Waals surface area contributed by atoms with Crippen LogP contribution in [0.2, 0.25) is 0 Å². The van der Waals surface area contributed by atoms with Crippen molar-refractivity contribution in [2.45, 2.75) is 13.8 Å². The molecule has 1 amide bonds. The van der Waals surface area contributed by atoms with Crippen molar-refractivity contribution in [1.82, 2.24) is 9.97 Å². The van der Waals surface area contributed by atoms with E-state index in [4.69, 9.17) is 16.2 Å². The quantitative estimate of drug-likeness (QED) is 0.878. The van der Waals surface area contributed by atoms with Gasteiger partial charge in [0.25, 0.3) is 5.91 Å². The summed E-state index contributed by atoms with van der Waals surface area (Å²) in [7, 11) is 0. The zero-order chi connectivity index (χ0) is 14.7. The van der Waals surface area contributed by atoms with Gasteiger partial charge in [0, 0.05) is 5.56 Å². The van der Waals surface area contributed by atoms with Gasteiger partial charge in [-0.2, -0.15) is 0 Å². The van der Waals surface area contributed by atoms with Crippen LogP contribution in [0.5, 0.6) is 5.75 Å². The van der Waals surface area contributed by atoms with Gasteiger partial charge in [0.1, 0.15) is 5.75 Å². The highest BCUT2D eigenvalue weighted by Crippen LogP contribution is 2.27. The van der Waals surface area contributed by atoms with E-state index in [9.17, 15) is 4.79 Å². The van der Waals surface area contributed by atoms with E-state index in [-0.39, 0.29) is 11.5 Å². The average molecular weight is 272 g/mol. The number of amides is 1. The molecule has 0 aliphatic rings. The van der Waals surface area contributed by atoms with Gasteiger partial charge in [-0.15, -0.1) is 0 Å². The van der Waals surface area contributed by atoms with Crippen LogP contribution in [-0.2, 0) is 0 Å². The molecule has 104 valence electrons. The average Bonchev–Trinajstić information content (AvgIpc) is 2.38. The van der Waals surface area contributed by atoms with Gasteiger partial charge in [-0.1, -0.05) is 12.1 Å². The van der Waals surface area contributed by atoms with E-state index >= 15 is 0 Å². The third-order valence-corrected chi connectivity index (χ3v) is 2.77. The smallest absolute Gasteiger partial charge is 0.252 e. The molecule has 1 aromatic carbocycles. The number of nitrogen functional groups attached to an aromatic ring is 1. The second-order valence-electron chi connectivity index (χ2n) is 4.22. The fraction of sp³-hybridized carbons (Fsp3) is 0.214. The number of rotatable bonds is 4. The van der Waals surface area contributed by atoms with E-state index < -0.39 is 5.91 Å². The van der Waals surface area contributed by atoms with Crippen molar-refractivity contribution in [2.24, 2.45) is 5.73 Å². The van der Waals surface area contributed by atoms with Crippen molar-refractivity contribution in [2.75, 3.05) is 12.3 Å². The number of aryl methyl sites for hydroxylation is 1. The lowest BCUT2D eigenvalue weighted by Gasteiger charge is -2.11. The summed E-state index contributed by atoms with van der Waals surface area (Å²) >= 11 is 0. The first-order valence-corrected chi connectivity index (χ1v) is 6.20. The van der Waals surface area contributed by atoms with Crippen LogP contribution in [0.3, 0.4) is 0 Å². The highest BCUT2D eigenvalue weighted by Gasteiger charge is 2.17. The van der Waals surface area contributed by atoms with E-state index in [0.717, 1.165) is 0 Å². The molecule has 1 heterocycles. The second kappa shape index (κ2) is 5.56. The Labute approximate surface area is 116 Å². The highest BCUT2D eigenvalue weighted by molar-refractivity contribution is 6.00. The molecule has 2 aromatic rings. The third kappa shape index (κ3) is 2.69. The van der Waals surface area contributed by atoms with Crippen molar-refractivity contribution in [1.29, 1.82) is 0 Å². The van der Waals surface area contributed by atoms with Gasteiger partial charge in [-0.25, -0.2) is 9.97 Å². The van der Waals surface area contributed by atoms with Gasteiger partial charge < -0.3 is 16.2 Å². The van der Waals surface area contributed by atoms with Crippen LogP contribution in [0.15, 0.2) is 24.3 Å². The van der Waals surface area contributed by atoms with Crippen LogP contribution in [0.25, 0.3) is 11.3 Å². The minimum absolute atomic E-state index is 0.101. The lowest BCUT2D eigenvalue weighted by molar-refractivity contribution is 0.0999. The molecule has 4 N–H and O–H groups in total. The molecular formula is C14H16N4O2. The van der Waals surface area contributed by atoms with E-state index in [2.05, 4.69) is 9.97 Å². The number of carbonyl (C=O) groups excluding carboxylic acids is 1. The molecule has 6 nitrogen and oxygen atoms in total. The molecule has 0 aliphatic carbocycles. The lowest BCUT2D eigenvalue weighted by Crippen LogP contribution is -2.17. The molecule has 6 heteroatoms. The first-order chi connectivity index (χ1) is 9.52. The van der Waals surface area contributed by atoms with Crippen molar-refractivity contribution in [3.8, 4) is 17.0 Å². The summed E-state index contributed by atoms with van der Waals surface area (Å²) in [4.78, 5) is 19.7. The Hall–Kier alpha value is -2.63. The standard InChI is InChI=1S/C14H16N4O2/c1-3-20-10-6-4-5-9(7-10)12-11(13(15)19)8(2)17-14(16)18-12/h4-7H,3H2,1-2H3,(H2,15,19)(H2,16,17,18). The number of hydrogen-bond acceptors (Lipinski definition) is 5. The van der Waals surface area contributed by atoms with Crippen LogP contribution < -0.4 is 16.2 Å². The summed E-state index contributed by atoms with van der Waals surface area (Å²) in [5.41, 5.74) is 12.9. The number of anilines is 1. The summed E-state index contributed by atoms with van der Waals surface area (Å²) in [6, 6.07) is 7.25. The topological polar surface area (TPSA) is 104 Å². The number of benzene rings is 1. The van der Waals surface area contributed by atoms with Crippen LogP contribution in [0, 0.1) is 6.92 Å². The van der Waals surface area contributed by atoms with Gasteiger partial charge in [0.2, 0.25) is 5.95 Å². The largest absolute Gasteiger partial charge is 0.494 e. The van der Waals surface area contributed by atoms with Crippen molar-refractivity contribution in [3.05, 3.63) is 35.5 Å². The van der Waals surface area contributed by atoms with E-state index in [1.54, 1.807) is 13.0 Å². The Bertz CT molecular complexity index is 656. The molecule has 0 unspecified atom stereocenters. The molecule has 0 atom stereocenters. The molecule has 2 rings (SSSR count). The molecule has 0 bridgehead atoms. The predicted molar refractivity (Wildman–Crippen MR) is 76.3 cm³/mol. The molecule has 0 saturated heterocycles. The highest BCUT2D eigenvalue weighted by atomic mass is 16.5. The van der Waals surface area contributed by atoms with E-state index in [1.807, 2.05) is 25.1 Å². The first kappa shape index (κ1) is 13.8. The predicted octanol–water partition coefficient (Wildman–Crippen LogP) is 1.53. The molecule has 0 radical (unpaired) electrons. The molecule has 1 aromatic heterocycles. The maximum atomic E-state index is 11.6. The first-order valence-electron chi connectivity index (χ1n) is 6.20. The van der Waals surface area contributed by atoms with Gasteiger partial charge in [-0.3, -0.25) is 4.79 Å². The minimum atomic E-state index is -0.584. The van der Waals surface area contributed by atoms with E-state index in [1.165, 1.54) is 0 Å². The Balaban J connectivity index is 2.62. The number of ether oxygens (including phenoxy) is 1. The van der Waals surface area contributed by atoms with Crippen LogP contribution in [-0.4, -0.2) is 22.5 Å². The number of nitrogens with two attached hydrogens (primary N) is 2. The fourth-order valence-corrected chi connectivity index (χ4v) is 2.00. The van der Waals surface area contributed by atoms with Crippen molar-refractivity contribution in [3.63, 3.8) is 0 Å². The molecule has 0 fully saturated rings. The van der Waals surface area contributed by atoms with Crippen LogP contribution in [0.4, 0.5) is 5.95 Å². The van der Waals surface area contributed by atoms with E-state index in [0.29, 0.717) is 29.3 Å². The minimum Gasteiger partial charge on any atom is -0.494 e. The summed E-state index contributed by atoms with van der Waals surface area (Å²) in [5, 5.41) is 0. The van der Waals surface area contributed by atoms with Crippen molar-refractivity contribution < 1.29 is 9.53 Å². The Morgan fingerprint density at radius 1 is 1.35 bits per heavy atom. The van der Waals surface area contributed by atoms with Crippen LogP contribution >= 0.6 is 0 Å². The monoisotopic (exact) mass is 272 g/mol.